The molecule has 1 fully saturated rings. The molecule has 1 aliphatic rings. The molecule has 2 rings (SSSR count). The number of aromatic nitrogens is 2. The van der Waals surface area contributed by atoms with Crippen LogP contribution >= 0.6 is 15.9 Å². The maximum absolute atomic E-state index is 11.3. The molecule has 0 saturated carbocycles. The van der Waals surface area contributed by atoms with E-state index < -0.39 is 0 Å². The highest BCUT2D eigenvalue weighted by Crippen LogP contribution is 2.25. The predicted molar refractivity (Wildman–Crippen MR) is 75.8 cm³/mol. The SMILES string of the molecule is COC(=O)C=C1CCN(c2ncc(Br)cn2)CC1C. The fourth-order valence-corrected chi connectivity index (χ4v) is 2.33. The number of ether oxygens (including phenoxy) is 1. The zero-order valence-electron chi connectivity index (χ0n) is 11.0. The Hall–Kier alpha value is -1.43. The van der Waals surface area contributed by atoms with E-state index in [1.165, 1.54) is 7.11 Å². The van der Waals surface area contributed by atoms with E-state index in [0.717, 1.165) is 35.5 Å². The van der Waals surface area contributed by atoms with E-state index in [0.29, 0.717) is 5.92 Å². The lowest BCUT2D eigenvalue weighted by Gasteiger charge is -2.32. The minimum atomic E-state index is -0.282. The van der Waals surface area contributed by atoms with Crippen LogP contribution in [-0.2, 0) is 9.53 Å². The standard InChI is InChI=1S/C13H16BrN3O2/c1-9-8-17(13-15-6-11(14)7-16-13)4-3-10(9)5-12(18)19-2/h5-7,9H,3-4,8H2,1-2H3. The van der Waals surface area contributed by atoms with Crippen molar-refractivity contribution in [3.63, 3.8) is 0 Å². The predicted octanol–water partition coefficient (Wildman–Crippen LogP) is 2.18. The van der Waals surface area contributed by atoms with Gasteiger partial charge in [-0.25, -0.2) is 14.8 Å². The molecule has 1 saturated heterocycles. The molecule has 102 valence electrons. The van der Waals surface area contributed by atoms with E-state index >= 15 is 0 Å². The van der Waals surface area contributed by atoms with Crippen molar-refractivity contribution < 1.29 is 9.53 Å². The minimum absolute atomic E-state index is 0.282. The van der Waals surface area contributed by atoms with Gasteiger partial charge >= 0.3 is 5.97 Å². The van der Waals surface area contributed by atoms with Gasteiger partial charge in [-0.1, -0.05) is 12.5 Å². The summed E-state index contributed by atoms with van der Waals surface area (Å²) in [5.74, 6) is 0.738. The Morgan fingerprint density at radius 3 is 2.79 bits per heavy atom. The number of halogens is 1. The topological polar surface area (TPSA) is 55.3 Å². The molecule has 1 aromatic rings. The first kappa shape index (κ1) is 14.0. The molecular formula is C13H16BrN3O2. The molecule has 0 N–H and O–H groups in total. The molecule has 0 aromatic carbocycles. The quantitative estimate of drug-likeness (QED) is 0.616. The number of esters is 1. The van der Waals surface area contributed by atoms with Crippen molar-refractivity contribution in [1.29, 1.82) is 0 Å². The van der Waals surface area contributed by atoms with Crippen molar-refractivity contribution in [2.24, 2.45) is 5.92 Å². The van der Waals surface area contributed by atoms with Crippen LogP contribution in [0.1, 0.15) is 13.3 Å². The number of rotatable bonds is 2. The number of nitrogens with zero attached hydrogens (tertiary/aromatic N) is 3. The molecule has 6 heteroatoms. The Labute approximate surface area is 120 Å². The molecule has 0 amide bonds. The van der Waals surface area contributed by atoms with E-state index in [1.807, 2.05) is 0 Å². The van der Waals surface area contributed by atoms with Gasteiger partial charge in [-0.15, -0.1) is 0 Å². The van der Waals surface area contributed by atoms with Gasteiger partial charge in [-0.05, 0) is 28.3 Å². The first-order valence-electron chi connectivity index (χ1n) is 6.11. The van der Waals surface area contributed by atoms with Gasteiger partial charge in [-0.2, -0.15) is 0 Å². The van der Waals surface area contributed by atoms with E-state index in [2.05, 4.69) is 42.5 Å². The van der Waals surface area contributed by atoms with Crippen LogP contribution in [-0.4, -0.2) is 36.1 Å². The van der Waals surface area contributed by atoms with Gasteiger partial charge in [-0.3, -0.25) is 0 Å². The number of piperidine rings is 1. The average Bonchev–Trinajstić information content (AvgIpc) is 2.41. The number of hydrogen-bond acceptors (Lipinski definition) is 5. The van der Waals surface area contributed by atoms with Crippen molar-refractivity contribution in [3.05, 3.63) is 28.5 Å². The molecular weight excluding hydrogens is 310 g/mol. The van der Waals surface area contributed by atoms with Crippen LogP contribution in [0.25, 0.3) is 0 Å². The molecule has 2 heterocycles. The summed E-state index contributed by atoms with van der Waals surface area (Å²) in [4.78, 5) is 22.0. The molecule has 19 heavy (non-hydrogen) atoms. The molecule has 0 aliphatic carbocycles. The summed E-state index contributed by atoms with van der Waals surface area (Å²) < 4.78 is 5.54. The minimum Gasteiger partial charge on any atom is -0.466 e. The summed E-state index contributed by atoms with van der Waals surface area (Å²) in [6.45, 7) is 3.72. The Balaban J connectivity index is 2.05. The lowest BCUT2D eigenvalue weighted by Crippen LogP contribution is -2.37. The molecule has 0 bridgehead atoms. The molecule has 1 aromatic heterocycles. The summed E-state index contributed by atoms with van der Waals surface area (Å²) >= 11 is 3.32. The van der Waals surface area contributed by atoms with Crippen LogP contribution in [0, 0.1) is 5.92 Å². The van der Waals surface area contributed by atoms with Crippen LogP contribution in [0.5, 0.6) is 0 Å². The van der Waals surface area contributed by atoms with Crippen LogP contribution in [0.2, 0.25) is 0 Å². The first-order chi connectivity index (χ1) is 9.10. The van der Waals surface area contributed by atoms with Gasteiger partial charge in [0.25, 0.3) is 0 Å². The monoisotopic (exact) mass is 325 g/mol. The molecule has 1 atom stereocenters. The number of anilines is 1. The van der Waals surface area contributed by atoms with Gasteiger partial charge in [0.15, 0.2) is 0 Å². The Kier molecular flexibility index (Phi) is 4.52. The molecule has 5 nitrogen and oxygen atoms in total. The average molecular weight is 326 g/mol. The zero-order chi connectivity index (χ0) is 13.8. The van der Waals surface area contributed by atoms with Crippen LogP contribution < -0.4 is 4.90 Å². The second kappa shape index (κ2) is 6.14. The lowest BCUT2D eigenvalue weighted by atomic mass is 9.93. The second-order valence-electron chi connectivity index (χ2n) is 4.54. The largest absolute Gasteiger partial charge is 0.466 e. The van der Waals surface area contributed by atoms with Crippen molar-refractivity contribution >= 4 is 27.8 Å². The molecule has 0 radical (unpaired) electrons. The van der Waals surface area contributed by atoms with Gasteiger partial charge in [0.1, 0.15) is 0 Å². The smallest absolute Gasteiger partial charge is 0.330 e. The number of hydrogen-bond donors (Lipinski definition) is 0. The van der Waals surface area contributed by atoms with Crippen molar-refractivity contribution in [2.45, 2.75) is 13.3 Å². The van der Waals surface area contributed by atoms with Crippen molar-refractivity contribution in [3.8, 4) is 0 Å². The van der Waals surface area contributed by atoms with E-state index in [1.54, 1.807) is 18.5 Å². The highest BCUT2D eigenvalue weighted by atomic mass is 79.9. The Morgan fingerprint density at radius 2 is 2.21 bits per heavy atom. The third kappa shape index (κ3) is 3.53. The lowest BCUT2D eigenvalue weighted by molar-refractivity contribution is -0.134. The van der Waals surface area contributed by atoms with Crippen molar-refractivity contribution in [2.75, 3.05) is 25.1 Å². The maximum Gasteiger partial charge on any atom is 0.330 e. The van der Waals surface area contributed by atoms with Gasteiger partial charge in [0, 0.05) is 31.6 Å². The molecule has 1 unspecified atom stereocenters. The van der Waals surface area contributed by atoms with Gasteiger partial charge in [0.05, 0.1) is 11.6 Å². The van der Waals surface area contributed by atoms with Gasteiger partial charge < -0.3 is 9.64 Å². The summed E-state index contributed by atoms with van der Waals surface area (Å²) in [7, 11) is 1.40. The summed E-state index contributed by atoms with van der Waals surface area (Å²) in [6.07, 6.45) is 5.92. The Morgan fingerprint density at radius 1 is 1.53 bits per heavy atom. The summed E-state index contributed by atoms with van der Waals surface area (Å²) in [5, 5.41) is 0. The van der Waals surface area contributed by atoms with Crippen molar-refractivity contribution in [1.82, 2.24) is 9.97 Å². The first-order valence-corrected chi connectivity index (χ1v) is 6.90. The fourth-order valence-electron chi connectivity index (χ4n) is 2.12. The van der Waals surface area contributed by atoms with Crippen LogP contribution in [0.3, 0.4) is 0 Å². The highest BCUT2D eigenvalue weighted by molar-refractivity contribution is 9.10. The molecule has 0 spiro atoms. The third-order valence-corrected chi connectivity index (χ3v) is 3.60. The van der Waals surface area contributed by atoms with Gasteiger partial charge in [0.2, 0.25) is 5.95 Å². The third-order valence-electron chi connectivity index (χ3n) is 3.19. The normalized spacial score (nSPS) is 21.5. The number of carbonyl (C=O) groups is 1. The number of methoxy groups -OCH3 is 1. The van der Waals surface area contributed by atoms with Crippen LogP contribution in [0.4, 0.5) is 5.95 Å². The zero-order valence-corrected chi connectivity index (χ0v) is 12.6. The van der Waals surface area contributed by atoms with E-state index in [9.17, 15) is 4.79 Å². The fraction of sp³-hybridized carbons (Fsp3) is 0.462. The maximum atomic E-state index is 11.3. The number of carbonyl (C=O) groups excluding carboxylic acids is 1. The highest BCUT2D eigenvalue weighted by Gasteiger charge is 2.23. The van der Waals surface area contributed by atoms with E-state index in [-0.39, 0.29) is 5.97 Å². The van der Waals surface area contributed by atoms with E-state index in [4.69, 9.17) is 0 Å². The summed E-state index contributed by atoms with van der Waals surface area (Å²) in [6, 6.07) is 0. The Bertz CT molecular complexity index is 487. The second-order valence-corrected chi connectivity index (χ2v) is 5.46. The summed E-state index contributed by atoms with van der Waals surface area (Å²) in [5.41, 5.74) is 1.13. The molecule has 1 aliphatic heterocycles. The van der Waals surface area contributed by atoms with Crippen LogP contribution in [0.15, 0.2) is 28.5 Å².